The van der Waals surface area contributed by atoms with E-state index in [9.17, 15) is 9.90 Å². The number of benzene rings is 1. The minimum atomic E-state index is -0.515. The molecule has 0 spiro atoms. The number of amides is 1. The van der Waals surface area contributed by atoms with Gasteiger partial charge in [0, 0.05) is 29.1 Å². The summed E-state index contributed by atoms with van der Waals surface area (Å²) in [6.45, 7) is 0. The van der Waals surface area contributed by atoms with Gasteiger partial charge in [-0.25, -0.2) is 9.97 Å². The fourth-order valence-electron chi connectivity index (χ4n) is 2.55. The summed E-state index contributed by atoms with van der Waals surface area (Å²) in [7, 11) is 0. The molecule has 0 aliphatic heterocycles. The summed E-state index contributed by atoms with van der Waals surface area (Å²) in [6.07, 6.45) is 4.82. The summed E-state index contributed by atoms with van der Waals surface area (Å²) >= 11 is 0. The van der Waals surface area contributed by atoms with Gasteiger partial charge in [-0.05, 0) is 42.5 Å². The van der Waals surface area contributed by atoms with E-state index < -0.39 is 5.91 Å². The maximum Gasteiger partial charge on any atom is 0.248 e. The van der Waals surface area contributed by atoms with Crippen LogP contribution in [-0.4, -0.2) is 30.9 Å². The second-order valence-corrected chi connectivity index (χ2v) is 5.66. The molecule has 0 saturated heterocycles. The third kappa shape index (κ3) is 2.93. The predicted octanol–water partition coefficient (Wildman–Crippen LogP) is 2.56. The molecule has 0 aliphatic carbocycles. The first-order valence-electron chi connectivity index (χ1n) is 7.78. The van der Waals surface area contributed by atoms with Crippen LogP contribution in [0.1, 0.15) is 10.4 Å². The van der Waals surface area contributed by atoms with E-state index in [1.54, 1.807) is 48.8 Å². The van der Waals surface area contributed by atoms with Crippen molar-refractivity contribution in [3.63, 3.8) is 0 Å². The maximum absolute atomic E-state index is 11.4. The number of aromatic nitrogens is 4. The molecule has 0 bridgehead atoms. The summed E-state index contributed by atoms with van der Waals surface area (Å²) in [5.74, 6) is 0.188. The monoisotopic (exact) mass is 343 g/mol. The Balaban J connectivity index is 1.80. The quantitative estimate of drug-likeness (QED) is 0.591. The summed E-state index contributed by atoms with van der Waals surface area (Å²) in [5, 5.41) is 9.41. The highest BCUT2D eigenvalue weighted by atomic mass is 16.3. The third-order valence-electron chi connectivity index (χ3n) is 3.90. The van der Waals surface area contributed by atoms with Crippen LogP contribution in [0.15, 0.2) is 61.1 Å². The number of hydrogen-bond donors (Lipinski definition) is 2. The van der Waals surface area contributed by atoms with Gasteiger partial charge in [0.15, 0.2) is 5.82 Å². The Hall–Kier alpha value is -3.87. The second kappa shape index (κ2) is 6.21. The Kier molecular flexibility index (Phi) is 3.74. The summed E-state index contributed by atoms with van der Waals surface area (Å²) in [6, 6.07) is 11.7. The number of carbonyl (C=O) groups excluding carboxylic acids is 1. The lowest BCUT2D eigenvalue weighted by atomic mass is 10.1. The molecule has 4 aromatic rings. The molecular formula is C19H13N5O2. The summed E-state index contributed by atoms with van der Waals surface area (Å²) in [5.41, 5.74) is 9.07. The number of carbonyl (C=O) groups is 1. The standard InChI is InChI=1S/C19H13N5O2/c20-18(26)12-5-6-21-15(7-12)13-8-16-17(22-9-13)10-23-19(24-16)11-1-3-14(25)4-2-11/h1-10,25H,(H2,20,26). The van der Waals surface area contributed by atoms with Crippen LogP contribution in [0.3, 0.4) is 0 Å². The highest BCUT2D eigenvalue weighted by molar-refractivity contribution is 5.93. The van der Waals surface area contributed by atoms with Crippen LogP contribution in [-0.2, 0) is 0 Å². The zero-order valence-electron chi connectivity index (χ0n) is 13.5. The summed E-state index contributed by atoms with van der Waals surface area (Å²) in [4.78, 5) is 28.9. The van der Waals surface area contributed by atoms with E-state index in [1.165, 1.54) is 6.20 Å². The molecule has 0 aliphatic rings. The lowest BCUT2D eigenvalue weighted by molar-refractivity contribution is 0.1000. The molecule has 1 aromatic carbocycles. The highest BCUT2D eigenvalue weighted by Gasteiger charge is 2.09. The number of nitrogens with two attached hydrogens (primary N) is 1. The average Bonchev–Trinajstić information content (AvgIpc) is 2.68. The average molecular weight is 343 g/mol. The number of phenols is 1. The van der Waals surface area contributed by atoms with Crippen molar-refractivity contribution in [1.29, 1.82) is 0 Å². The Morgan fingerprint density at radius 2 is 1.69 bits per heavy atom. The Bertz CT molecular complexity index is 1130. The molecule has 3 aromatic heterocycles. The van der Waals surface area contributed by atoms with Crippen LogP contribution in [0.25, 0.3) is 33.7 Å². The molecule has 0 fully saturated rings. The molecule has 26 heavy (non-hydrogen) atoms. The van der Waals surface area contributed by atoms with Gasteiger partial charge in [0.25, 0.3) is 0 Å². The molecule has 1 amide bonds. The first-order valence-corrected chi connectivity index (χ1v) is 7.78. The van der Waals surface area contributed by atoms with Crippen molar-refractivity contribution in [2.24, 2.45) is 5.73 Å². The fourth-order valence-corrected chi connectivity index (χ4v) is 2.55. The van der Waals surface area contributed by atoms with E-state index in [-0.39, 0.29) is 5.75 Å². The van der Waals surface area contributed by atoms with Gasteiger partial charge in [0.05, 0.1) is 17.4 Å². The highest BCUT2D eigenvalue weighted by Crippen LogP contribution is 2.23. The van der Waals surface area contributed by atoms with Gasteiger partial charge in [-0.2, -0.15) is 0 Å². The van der Waals surface area contributed by atoms with Gasteiger partial charge in [0.2, 0.25) is 5.91 Å². The van der Waals surface area contributed by atoms with Crippen LogP contribution in [0.5, 0.6) is 5.75 Å². The van der Waals surface area contributed by atoms with Gasteiger partial charge in [-0.1, -0.05) is 0 Å². The Morgan fingerprint density at radius 3 is 2.46 bits per heavy atom. The number of rotatable bonds is 3. The van der Waals surface area contributed by atoms with E-state index in [4.69, 9.17) is 5.73 Å². The van der Waals surface area contributed by atoms with Crippen LogP contribution in [0.4, 0.5) is 0 Å². The minimum absolute atomic E-state index is 0.180. The smallest absolute Gasteiger partial charge is 0.248 e. The van der Waals surface area contributed by atoms with Gasteiger partial charge < -0.3 is 10.8 Å². The van der Waals surface area contributed by atoms with Crippen molar-refractivity contribution in [3.8, 4) is 28.4 Å². The third-order valence-corrected chi connectivity index (χ3v) is 3.90. The van der Waals surface area contributed by atoms with Crippen LogP contribution < -0.4 is 5.73 Å². The number of hydrogen-bond acceptors (Lipinski definition) is 6. The SMILES string of the molecule is NC(=O)c1ccnc(-c2cnc3cnc(-c4ccc(O)cc4)nc3c2)c1. The number of fused-ring (bicyclic) bond motifs is 1. The van der Waals surface area contributed by atoms with E-state index in [1.807, 2.05) is 6.07 Å². The van der Waals surface area contributed by atoms with Gasteiger partial charge in [0.1, 0.15) is 11.3 Å². The fraction of sp³-hybridized carbons (Fsp3) is 0. The molecule has 0 unspecified atom stereocenters. The molecule has 126 valence electrons. The van der Waals surface area contributed by atoms with Crippen molar-refractivity contribution in [1.82, 2.24) is 19.9 Å². The van der Waals surface area contributed by atoms with Crippen LogP contribution >= 0.6 is 0 Å². The molecule has 0 saturated carbocycles. The number of aromatic hydroxyl groups is 1. The molecular weight excluding hydrogens is 330 g/mol. The van der Waals surface area contributed by atoms with Crippen molar-refractivity contribution in [2.75, 3.05) is 0 Å². The molecule has 0 atom stereocenters. The Morgan fingerprint density at radius 1 is 0.885 bits per heavy atom. The van der Waals surface area contributed by atoms with Crippen LogP contribution in [0.2, 0.25) is 0 Å². The van der Waals surface area contributed by atoms with Crippen molar-refractivity contribution < 1.29 is 9.90 Å². The van der Waals surface area contributed by atoms with Crippen molar-refractivity contribution in [3.05, 3.63) is 66.6 Å². The predicted molar refractivity (Wildman–Crippen MR) is 96.2 cm³/mol. The second-order valence-electron chi connectivity index (χ2n) is 5.66. The largest absolute Gasteiger partial charge is 0.508 e. The van der Waals surface area contributed by atoms with Crippen LogP contribution in [0, 0.1) is 0 Å². The zero-order chi connectivity index (χ0) is 18.1. The molecule has 0 radical (unpaired) electrons. The van der Waals surface area contributed by atoms with Gasteiger partial charge in [-0.15, -0.1) is 0 Å². The van der Waals surface area contributed by atoms with E-state index in [2.05, 4.69) is 19.9 Å². The first-order chi connectivity index (χ1) is 12.6. The summed E-state index contributed by atoms with van der Waals surface area (Å²) < 4.78 is 0. The normalized spacial score (nSPS) is 10.8. The van der Waals surface area contributed by atoms with Crippen molar-refractivity contribution in [2.45, 2.75) is 0 Å². The number of primary amides is 1. The van der Waals surface area contributed by atoms with Gasteiger partial charge in [-0.3, -0.25) is 14.8 Å². The Labute approximate surface area is 148 Å². The van der Waals surface area contributed by atoms with Gasteiger partial charge >= 0.3 is 0 Å². The van der Waals surface area contributed by atoms with Crippen molar-refractivity contribution >= 4 is 16.9 Å². The lowest BCUT2D eigenvalue weighted by Gasteiger charge is -2.05. The van der Waals surface area contributed by atoms with E-state index in [0.717, 1.165) is 11.1 Å². The first kappa shape index (κ1) is 15.6. The maximum atomic E-state index is 11.4. The molecule has 7 heteroatoms. The van der Waals surface area contributed by atoms with E-state index in [0.29, 0.717) is 28.1 Å². The zero-order valence-corrected chi connectivity index (χ0v) is 13.5. The molecule has 7 nitrogen and oxygen atoms in total. The molecule has 3 heterocycles. The minimum Gasteiger partial charge on any atom is -0.508 e. The number of nitrogens with zero attached hydrogens (tertiary/aromatic N) is 4. The molecule has 4 rings (SSSR count). The number of pyridine rings is 2. The van der Waals surface area contributed by atoms with E-state index >= 15 is 0 Å². The topological polar surface area (TPSA) is 115 Å². The lowest BCUT2D eigenvalue weighted by Crippen LogP contribution is -2.11. The number of phenolic OH excluding ortho intramolecular Hbond substituents is 1. The molecule has 3 N–H and O–H groups in total.